The average molecular weight is 401 g/mol. The summed E-state index contributed by atoms with van der Waals surface area (Å²) >= 11 is 0. The van der Waals surface area contributed by atoms with Gasteiger partial charge in [-0.2, -0.15) is 5.43 Å². The third-order valence-corrected chi connectivity index (χ3v) is 2.89. The van der Waals surface area contributed by atoms with Crippen molar-refractivity contribution in [3.63, 3.8) is 0 Å². The Bertz CT molecular complexity index is 614. The van der Waals surface area contributed by atoms with Crippen molar-refractivity contribution >= 4 is 17.9 Å². The molecule has 0 unspecified atom stereocenters. The fourth-order valence-corrected chi connectivity index (χ4v) is 1.57. The summed E-state index contributed by atoms with van der Waals surface area (Å²) in [5, 5.41) is 34.9. The van der Waals surface area contributed by atoms with Gasteiger partial charge in [-0.1, -0.05) is 6.92 Å². The molecule has 0 aliphatic carbocycles. The first-order chi connectivity index (χ1) is 12.8. The van der Waals surface area contributed by atoms with E-state index in [1.165, 1.54) is 0 Å². The molecule has 28 heavy (non-hydrogen) atoms. The molecule has 10 nitrogen and oxygen atoms in total. The van der Waals surface area contributed by atoms with Crippen LogP contribution >= 0.6 is 0 Å². The molecule has 0 spiro atoms. The van der Waals surface area contributed by atoms with Gasteiger partial charge in [0.15, 0.2) is 0 Å². The molecule has 0 fully saturated rings. The summed E-state index contributed by atoms with van der Waals surface area (Å²) in [6, 6.07) is 3.48. The number of aromatic nitrogens is 1. The Morgan fingerprint density at radius 1 is 1.07 bits per heavy atom. The topological polar surface area (TPSA) is 160 Å². The minimum absolute atomic E-state index is 0.0650. The van der Waals surface area contributed by atoms with E-state index in [1.54, 1.807) is 12.1 Å². The van der Waals surface area contributed by atoms with Crippen LogP contribution in [0.25, 0.3) is 0 Å². The van der Waals surface area contributed by atoms with E-state index in [2.05, 4.69) is 10.4 Å². The van der Waals surface area contributed by atoms with Crippen LogP contribution in [0.4, 0.5) is 0 Å². The van der Waals surface area contributed by atoms with Crippen LogP contribution in [0.1, 0.15) is 37.6 Å². The van der Waals surface area contributed by atoms with Gasteiger partial charge in [0, 0.05) is 24.6 Å². The molecule has 0 aliphatic rings. The van der Waals surface area contributed by atoms with Gasteiger partial charge in [-0.25, -0.2) is 0 Å². The van der Waals surface area contributed by atoms with Crippen molar-refractivity contribution in [2.75, 3.05) is 27.7 Å². The normalized spacial score (nSPS) is 10.0. The number of carboxylic acid groups (broad SMARTS) is 3. The van der Waals surface area contributed by atoms with Crippen molar-refractivity contribution in [2.45, 2.75) is 39.5 Å². The van der Waals surface area contributed by atoms with E-state index in [0.29, 0.717) is 16.9 Å². The molecule has 0 atom stereocenters. The smallest absolute Gasteiger partial charge is 0.303 e. The molecule has 1 rings (SSSR count). The van der Waals surface area contributed by atoms with Gasteiger partial charge in [-0.15, -0.1) is 0 Å². The summed E-state index contributed by atoms with van der Waals surface area (Å²) in [5.74, 6) is -2.87. The second-order valence-electron chi connectivity index (χ2n) is 6.60. The first-order valence-electron chi connectivity index (χ1n) is 8.64. The standard InChI is InChI=1S/C8H11NO.C6H14N2O2.C4H6O4/c1-3-7-8(10)5-4-6(2)9-7;1-8(2,3)7-5-4-6(9)10;5-3(6)1-2-4(7)8/h4-5,10H,3H2,1-2H3;7H,4-5H2,1-3H3;1-2H2,(H,5,6)(H,7,8). The van der Waals surface area contributed by atoms with Crippen molar-refractivity contribution in [1.82, 2.24) is 10.4 Å². The van der Waals surface area contributed by atoms with Crippen LogP contribution in [0.2, 0.25) is 0 Å². The third kappa shape index (κ3) is 19.6. The number of aromatic hydroxyl groups is 1. The lowest BCUT2D eigenvalue weighted by Crippen LogP contribution is -2.49. The molecule has 10 heteroatoms. The lowest BCUT2D eigenvalue weighted by atomic mass is 10.2. The van der Waals surface area contributed by atoms with E-state index in [0.717, 1.165) is 17.8 Å². The van der Waals surface area contributed by atoms with Gasteiger partial charge in [-0.3, -0.25) is 19.2 Å². The number of rotatable bonds is 8. The molecular formula is C18H31N3O7. The first kappa shape index (κ1) is 27.5. The zero-order valence-electron chi connectivity index (χ0n) is 17.1. The maximum absolute atomic E-state index is 9.93. The predicted molar refractivity (Wildman–Crippen MR) is 100 cm³/mol. The lowest BCUT2D eigenvalue weighted by Gasteiger charge is -2.23. The fourth-order valence-electron chi connectivity index (χ4n) is 1.57. The highest BCUT2D eigenvalue weighted by atomic mass is 16.4. The van der Waals surface area contributed by atoms with Crippen LogP contribution in [0.15, 0.2) is 12.1 Å². The number of hydrogen-bond donors (Lipinski definition) is 4. The molecular weight excluding hydrogens is 370 g/mol. The van der Waals surface area contributed by atoms with Crippen molar-refractivity contribution < 1.29 is 39.4 Å². The van der Waals surface area contributed by atoms with Gasteiger partial charge < -0.3 is 25.2 Å². The highest BCUT2D eigenvalue weighted by molar-refractivity contribution is 5.75. The highest BCUT2D eigenvalue weighted by Gasteiger charge is 2.03. The van der Waals surface area contributed by atoms with Crippen LogP contribution in [-0.4, -0.2) is 70.5 Å². The van der Waals surface area contributed by atoms with Gasteiger partial charge in [0.1, 0.15) is 5.75 Å². The molecule has 0 saturated carbocycles. The van der Waals surface area contributed by atoms with E-state index < -0.39 is 17.9 Å². The fraction of sp³-hybridized carbons (Fsp3) is 0.556. The molecule has 0 saturated heterocycles. The second-order valence-corrected chi connectivity index (χ2v) is 6.60. The van der Waals surface area contributed by atoms with E-state index in [4.69, 9.17) is 10.2 Å². The average Bonchev–Trinajstić information content (AvgIpc) is 2.55. The van der Waals surface area contributed by atoms with Gasteiger partial charge in [-0.05, 0) is 25.5 Å². The Balaban J connectivity index is 0. The van der Waals surface area contributed by atoms with Crippen LogP contribution in [0.3, 0.4) is 0 Å². The summed E-state index contributed by atoms with van der Waals surface area (Å²) in [6.07, 6.45) is 0.258. The Labute approximate surface area is 165 Å². The van der Waals surface area contributed by atoms with Gasteiger partial charge in [0.2, 0.25) is 0 Å². The minimum atomic E-state index is -1.08. The number of nitrogens with zero attached hydrogens (tertiary/aromatic N) is 2. The number of quaternary nitrogens is 1. The highest BCUT2D eigenvalue weighted by Crippen LogP contribution is 2.14. The molecule has 0 radical (unpaired) electrons. The summed E-state index contributed by atoms with van der Waals surface area (Å²) in [5.41, 5.74) is 4.70. The second kappa shape index (κ2) is 14.4. The molecule has 4 N–H and O–H groups in total. The number of carbonyl (C=O) groups excluding carboxylic acids is 1. The quantitative estimate of drug-likeness (QED) is 0.345. The van der Waals surface area contributed by atoms with Crippen molar-refractivity contribution in [1.29, 1.82) is 0 Å². The molecule has 1 aromatic rings. The minimum Gasteiger partial charge on any atom is -0.550 e. The predicted octanol–water partition coefficient (Wildman–Crippen LogP) is -0.0690. The molecule has 1 aromatic heterocycles. The largest absolute Gasteiger partial charge is 0.550 e. The maximum atomic E-state index is 9.93. The van der Waals surface area contributed by atoms with Crippen molar-refractivity contribution in [3.05, 3.63) is 23.5 Å². The molecule has 0 aromatic carbocycles. The van der Waals surface area contributed by atoms with Crippen molar-refractivity contribution in [3.8, 4) is 5.75 Å². The molecule has 160 valence electrons. The number of hydrogen-bond acceptors (Lipinski definition) is 7. The Morgan fingerprint density at radius 3 is 1.89 bits per heavy atom. The first-order valence-corrected chi connectivity index (χ1v) is 8.64. The molecule has 0 aliphatic heterocycles. The zero-order valence-corrected chi connectivity index (χ0v) is 17.1. The van der Waals surface area contributed by atoms with E-state index in [9.17, 15) is 24.6 Å². The zero-order chi connectivity index (χ0) is 22.3. The SMILES string of the molecule is CCc1nc(C)ccc1O.C[N+](C)(C)NCCC(=O)[O-].O=C(O)CCC(=O)O. The Morgan fingerprint density at radius 2 is 1.57 bits per heavy atom. The monoisotopic (exact) mass is 401 g/mol. The Hall–Kier alpha value is -2.72. The van der Waals surface area contributed by atoms with Gasteiger partial charge in [0.25, 0.3) is 0 Å². The summed E-state index contributed by atoms with van der Waals surface area (Å²) in [7, 11) is 5.78. The van der Waals surface area contributed by atoms with Gasteiger partial charge in [0.05, 0.1) is 39.7 Å². The maximum Gasteiger partial charge on any atom is 0.303 e. The number of carbonyl (C=O) groups is 3. The van der Waals surface area contributed by atoms with Crippen LogP contribution in [0.5, 0.6) is 5.75 Å². The summed E-state index contributed by atoms with van der Waals surface area (Å²) in [6.45, 7) is 4.34. The number of carboxylic acids is 3. The third-order valence-electron chi connectivity index (χ3n) is 2.89. The van der Waals surface area contributed by atoms with Crippen LogP contribution in [-0.2, 0) is 20.8 Å². The Kier molecular flexibility index (Phi) is 14.1. The number of aliphatic carboxylic acids is 3. The molecule has 0 amide bonds. The number of nitrogens with one attached hydrogen (secondary N) is 1. The van der Waals surface area contributed by atoms with E-state index in [1.807, 2.05) is 35.0 Å². The summed E-state index contributed by atoms with van der Waals surface area (Å²) in [4.78, 5) is 33.3. The lowest BCUT2D eigenvalue weighted by molar-refractivity contribution is -0.915. The van der Waals surface area contributed by atoms with E-state index in [-0.39, 0.29) is 19.3 Å². The summed E-state index contributed by atoms with van der Waals surface area (Å²) < 4.78 is 0.563. The van der Waals surface area contributed by atoms with Crippen LogP contribution < -0.4 is 10.5 Å². The molecule has 1 heterocycles. The van der Waals surface area contributed by atoms with E-state index >= 15 is 0 Å². The van der Waals surface area contributed by atoms with Gasteiger partial charge >= 0.3 is 11.9 Å². The van der Waals surface area contributed by atoms with Crippen LogP contribution in [0, 0.1) is 6.92 Å². The van der Waals surface area contributed by atoms with Crippen molar-refractivity contribution in [2.24, 2.45) is 0 Å². The number of pyridine rings is 1. The molecule has 0 bridgehead atoms. The number of aryl methyl sites for hydroxylation is 2.